The standard InChI is InChI=1S/C26H32N4O6/c1-16(27)23(32)28-20(14-18-9-11-19(31)12-10-18)25(34)30-13-5-8-22(30)24(33)29-21(26(35)36)15-17-6-3-2-4-7-17/h2-4,6-7,9-12,16,20-22,31H,5,8,13-15,27H2,1H3,(H,28,32)(H,29,33)(H,35,36). The summed E-state index contributed by atoms with van der Waals surface area (Å²) >= 11 is 0. The van der Waals surface area contributed by atoms with Gasteiger partial charge in [-0.15, -0.1) is 0 Å². The summed E-state index contributed by atoms with van der Waals surface area (Å²) in [5, 5.41) is 24.4. The van der Waals surface area contributed by atoms with E-state index in [9.17, 15) is 29.4 Å². The maximum Gasteiger partial charge on any atom is 0.326 e. The first-order valence-corrected chi connectivity index (χ1v) is 11.9. The van der Waals surface area contributed by atoms with Crippen molar-refractivity contribution >= 4 is 23.7 Å². The highest BCUT2D eigenvalue weighted by molar-refractivity contribution is 5.94. The van der Waals surface area contributed by atoms with Crippen LogP contribution in [0.4, 0.5) is 0 Å². The van der Waals surface area contributed by atoms with Crippen molar-refractivity contribution < 1.29 is 29.4 Å². The summed E-state index contributed by atoms with van der Waals surface area (Å²) in [6.07, 6.45) is 1.18. The first-order chi connectivity index (χ1) is 17.2. The van der Waals surface area contributed by atoms with Crippen LogP contribution < -0.4 is 16.4 Å². The van der Waals surface area contributed by atoms with Gasteiger partial charge in [-0.25, -0.2) is 4.79 Å². The summed E-state index contributed by atoms with van der Waals surface area (Å²) < 4.78 is 0. The van der Waals surface area contributed by atoms with Gasteiger partial charge in [0.1, 0.15) is 23.9 Å². The van der Waals surface area contributed by atoms with Crippen LogP contribution in [0.15, 0.2) is 54.6 Å². The Morgan fingerprint density at radius 2 is 1.58 bits per heavy atom. The van der Waals surface area contributed by atoms with E-state index in [0.29, 0.717) is 24.9 Å². The molecule has 0 spiro atoms. The van der Waals surface area contributed by atoms with Crippen molar-refractivity contribution in [3.63, 3.8) is 0 Å². The molecule has 0 aliphatic carbocycles. The highest BCUT2D eigenvalue weighted by Crippen LogP contribution is 2.21. The third-order valence-corrected chi connectivity index (χ3v) is 6.14. The number of carboxylic acids is 1. The van der Waals surface area contributed by atoms with E-state index in [1.54, 1.807) is 36.4 Å². The van der Waals surface area contributed by atoms with Crippen molar-refractivity contribution in [1.29, 1.82) is 0 Å². The van der Waals surface area contributed by atoms with Crippen LogP contribution in [0, 0.1) is 0 Å². The number of carboxylic acid groups (broad SMARTS) is 1. The average Bonchev–Trinajstić information content (AvgIpc) is 3.34. The molecule has 0 radical (unpaired) electrons. The van der Waals surface area contributed by atoms with Gasteiger partial charge in [0.15, 0.2) is 0 Å². The van der Waals surface area contributed by atoms with Gasteiger partial charge in [0, 0.05) is 19.4 Å². The van der Waals surface area contributed by atoms with E-state index in [0.717, 1.165) is 5.56 Å². The topological polar surface area (TPSA) is 162 Å². The van der Waals surface area contributed by atoms with E-state index in [4.69, 9.17) is 5.73 Å². The summed E-state index contributed by atoms with van der Waals surface area (Å²) in [5.74, 6) is -2.62. The molecule has 1 fully saturated rings. The predicted octanol–water partition coefficient (Wildman–Crippen LogP) is 0.570. The van der Waals surface area contributed by atoms with Crippen LogP contribution in [0.2, 0.25) is 0 Å². The van der Waals surface area contributed by atoms with E-state index >= 15 is 0 Å². The molecule has 0 saturated carbocycles. The molecular formula is C26H32N4O6. The number of carbonyl (C=O) groups is 4. The Morgan fingerprint density at radius 3 is 2.19 bits per heavy atom. The number of rotatable bonds is 10. The molecule has 1 aliphatic heterocycles. The maximum atomic E-state index is 13.5. The number of aromatic hydroxyl groups is 1. The lowest BCUT2D eigenvalue weighted by atomic mass is 10.0. The number of likely N-dealkylation sites (tertiary alicyclic amines) is 1. The van der Waals surface area contributed by atoms with Crippen LogP contribution in [0.25, 0.3) is 0 Å². The molecule has 2 aromatic rings. The molecule has 6 N–H and O–H groups in total. The van der Waals surface area contributed by atoms with Crippen molar-refractivity contribution in [2.24, 2.45) is 5.73 Å². The predicted molar refractivity (Wildman–Crippen MR) is 132 cm³/mol. The minimum atomic E-state index is -1.17. The van der Waals surface area contributed by atoms with Crippen LogP contribution in [-0.2, 0) is 32.0 Å². The zero-order chi connectivity index (χ0) is 26.2. The third-order valence-electron chi connectivity index (χ3n) is 6.14. The normalized spacial score (nSPS) is 17.6. The van der Waals surface area contributed by atoms with Gasteiger partial charge in [0.25, 0.3) is 0 Å². The molecule has 36 heavy (non-hydrogen) atoms. The van der Waals surface area contributed by atoms with E-state index < -0.39 is 47.9 Å². The summed E-state index contributed by atoms with van der Waals surface area (Å²) in [4.78, 5) is 52.2. The lowest BCUT2D eigenvalue weighted by Gasteiger charge is -2.30. The fourth-order valence-corrected chi connectivity index (χ4v) is 4.19. The van der Waals surface area contributed by atoms with E-state index in [2.05, 4.69) is 10.6 Å². The molecule has 2 aromatic carbocycles. The number of amides is 3. The summed E-state index contributed by atoms with van der Waals surface area (Å²) in [7, 11) is 0. The average molecular weight is 497 g/mol. The molecule has 3 amide bonds. The Morgan fingerprint density at radius 1 is 0.972 bits per heavy atom. The molecule has 4 unspecified atom stereocenters. The number of carbonyl (C=O) groups excluding carboxylic acids is 3. The number of nitrogens with zero attached hydrogens (tertiary/aromatic N) is 1. The first kappa shape index (κ1) is 26.7. The van der Waals surface area contributed by atoms with Crippen LogP contribution >= 0.6 is 0 Å². The second-order valence-electron chi connectivity index (χ2n) is 9.00. The fourth-order valence-electron chi connectivity index (χ4n) is 4.19. The second-order valence-corrected chi connectivity index (χ2v) is 9.00. The van der Waals surface area contributed by atoms with Crippen molar-refractivity contribution in [3.05, 3.63) is 65.7 Å². The molecule has 0 aromatic heterocycles. The molecule has 1 saturated heterocycles. The Balaban J connectivity index is 1.75. The summed E-state index contributed by atoms with van der Waals surface area (Å²) in [6, 6.07) is 11.4. The monoisotopic (exact) mass is 496 g/mol. The molecular weight excluding hydrogens is 464 g/mol. The van der Waals surface area contributed by atoms with Crippen molar-refractivity contribution in [1.82, 2.24) is 15.5 Å². The van der Waals surface area contributed by atoms with Gasteiger partial charge in [-0.1, -0.05) is 42.5 Å². The van der Waals surface area contributed by atoms with Gasteiger partial charge in [-0.2, -0.15) is 0 Å². The Hall–Kier alpha value is -3.92. The van der Waals surface area contributed by atoms with E-state index in [-0.39, 0.29) is 18.6 Å². The van der Waals surface area contributed by atoms with E-state index in [1.165, 1.54) is 24.0 Å². The Labute approximate surface area is 209 Å². The van der Waals surface area contributed by atoms with E-state index in [1.807, 2.05) is 6.07 Å². The number of aliphatic carboxylic acids is 1. The zero-order valence-electron chi connectivity index (χ0n) is 20.1. The first-order valence-electron chi connectivity index (χ1n) is 11.9. The third kappa shape index (κ3) is 7.05. The summed E-state index contributed by atoms with van der Waals surface area (Å²) in [5.41, 5.74) is 7.14. The minimum absolute atomic E-state index is 0.0704. The molecule has 10 nitrogen and oxygen atoms in total. The number of hydrogen-bond acceptors (Lipinski definition) is 6. The zero-order valence-corrected chi connectivity index (χ0v) is 20.1. The molecule has 1 heterocycles. The van der Waals surface area contributed by atoms with Gasteiger partial charge in [0.2, 0.25) is 17.7 Å². The fraction of sp³-hybridized carbons (Fsp3) is 0.385. The highest BCUT2D eigenvalue weighted by Gasteiger charge is 2.39. The minimum Gasteiger partial charge on any atom is -0.508 e. The van der Waals surface area contributed by atoms with Crippen LogP contribution in [0.3, 0.4) is 0 Å². The van der Waals surface area contributed by atoms with Crippen LogP contribution in [0.1, 0.15) is 30.9 Å². The van der Waals surface area contributed by atoms with Crippen molar-refractivity contribution in [3.8, 4) is 5.75 Å². The molecule has 0 bridgehead atoms. The number of nitrogens with one attached hydrogen (secondary N) is 2. The molecule has 1 aliphatic rings. The number of benzene rings is 2. The quantitative estimate of drug-likeness (QED) is 0.321. The van der Waals surface area contributed by atoms with Crippen molar-refractivity contribution in [2.75, 3.05) is 6.54 Å². The number of phenolic OH excluding ortho intramolecular Hbond substituents is 1. The lowest BCUT2D eigenvalue weighted by Crippen LogP contribution is -2.57. The van der Waals surface area contributed by atoms with Gasteiger partial charge < -0.3 is 31.5 Å². The highest BCUT2D eigenvalue weighted by atomic mass is 16.4. The largest absolute Gasteiger partial charge is 0.508 e. The summed E-state index contributed by atoms with van der Waals surface area (Å²) in [6.45, 7) is 1.80. The van der Waals surface area contributed by atoms with Gasteiger partial charge in [-0.05, 0) is 43.0 Å². The lowest BCUT2D eigenvalue weighted by molar-refractivity contribution is -0.144. The molecule has 3 rings (SSSR count). The molecule has 10 heteroatoms. The second kappa shape index (κ2) is 12.2. The van der Waals surface area contributed by atoms with Gasteiger partial charge in [0.05, 0.1) is 6.04 Å². The number of nitrogens with two attached hydrogens (primary N) is 1. The molecule has 4 atom stereocenters. The maximum absolute atomic E-state index is 13.5. The molecule has 192 valence electrons. The van der Waals surface area contributed by atoms with Gasteiger partial charge in [-0.3, -0.25) is 14.4 Å². The van der Waals surface area contributed by atoms with Crippen molar-refractivity contribution in [2.45, 2.75) is 56.8 Å². The van der Waals surface area contributed by atoms with Crippen LogP contribution in [-0.4, -0.2) is 69.5 Å². The van der Waals surface area contributed by atoms with Gasteiger partial charge >= 0.3 is 5.97 Å². The Kier molecular flexibility index (Phi) is 9.02. The Bertz CT molecular complexity index is 1070. The van der Waals surface area contributed by atoms with Crippen LogP contribution in [0.5, 0.6) is 5.75 Å². The number of hydrogen-bond donors (Lipinski definition) is 5. The smallest absolute Gasteiger partial charge is 0.326 e. The SMILES string of the molecule is CC(N)C(=O)NC(Cc1ccc(O)cc1)C(=O)N1CCCC1C(=O)NC(Cc1ccccc1)C(=O)O. The number of phenols is 1.